The van der Waals surface area contributed by atoms with Gasteiger partial charge in [0.25, 0.3) is 5.69 Å². The van der Waals surface area contributed by atoms with Crippen LogP contribution in [0.15, 0.2) is 36.7 Å². The van der Waals surface area contributed by atoms with E-state index in [9.17, 15) is 10.1 Å². The number of hydrogen-bond acceptors (Lipinski definition) is 4. The summed E-state index contributed by atoms with van der Waals surface area (Å²) in [5.74, 6) is 0. The van der Waals surface area contributed by atoms with Gasteiger partial charge in [-0.05, 0) is 13.0 Å². The predicted molar refractivity (Wildman–Crippen MR) is 64.3 cm³/mol. The summed E-state index contributed by atoms with van der Waals surface area (Å²) in [4.78, 5) is 10.2. The Kier molecular flexibility index (Phi) is 3.04. The zero-order valence-corrected chi connectivity index (χ0v) is 9.33. The molecule has 2 aromatic rings. The molecule has 0 unspecified atom stereocenters. The number of hydrogen-bond donors (Lipinski definition) is 1. The molecule has 1 N–H and O–H groups in total. The number of anilines is 2. The van der Waals surface area contributed by atoms with Gasteiger partial charge in [-0.25, -0.2) is 0 Å². The molecule has 0 aliphatic heterocycles. The minimum Gasteiger partial charge on any atom is -0.353 e. The van der Waals surface area contributed by atoms with E-state index in [2.05, 4.69) is 10.4 Å². The van der Waals surface area contributed by atoms with E-state index in [1.54, 1.807) is 23.0 Å². The van der Waals surface area contributed by atoms with Crippen molar-refractivity contribution in [1.29, 1.82) is 0 Å². The lowest BCUT2D eigenvalue weighted by molar-refractivity contribution is -0.384. The first kappa shape index (κ1) is 11.1. The zero-order chi connectivity index (χ0) is 12.3. The van der Waals surface area contributed by atoms with Gasteiger partial charge in [0.1, 0.15) is 0 Å². The molecule has 0 atom stereocenters. The maximum absolute atomic E-state index is 10.6. The third-order valence-corrected chi connectivity index (χ3v) is 2.30. The van der Waals surface area contributed by atoms with Crippen LogP contribution in [0.25, 0.3) is 0 Å². The van der Waals surface area contributed by atoms with Crippen molar-refractivity contribution in [2.75, 3.05) is 5.32 Å². The van der Waals surface area contributed by atoms with E-state index in [1.165, 1.54) is 12.1 Å². The third-order valence-electron chi connectivity index (χ3n) is 2.30. The lowest BCUT2D eigenvalue weighted by atomic mass is 10.3. The Morgan fingerprint density at radius 3 is 2.94 bits per heavy atom. The number of nitrogens with one attached hydrogen (secondary N) is 1. The van der Waals surface area contributed by atoms with Crippen LogP contribution < -0.4 is 5.32 Å². The van der Waals surface area contributed by atoms with Crippen LogP contribution in [-0.2, 0) is 6.54 Å². The Hall–Kier alpha value is -2.37. The van der Waals surface area contributed by atoms with Gasteiger partial charge in [0, 0.05) is 30.6 Å². The molecule has 0 radical (unpaired) electrons. The Morgan fingerprint density at radius 1 is 1.47 bits per heavy atom. The Bertz CT molecular complexity index is 536. The van der Waals surface area contributed by atoms with Gasteiger partial charge < -0.3 is 5.32 Å². The van der Waals surface area contributed by atoms with E-state index >= 15 is 0 Å². The first-order valence-electron chi connectivity index (χ1n) is 5.23. The van der Waals surface area contributed by atoms with Crippen molar-refractivity contribution >= 4 is 17.1 Å². The van der Waals surface area contributed by atoms with Gasteiger partial charge in [0.2, 0.25) is 0 Å². The molecule has 0 fully saturated rings. The number of rotatable bonds is 4. The maximum Gasteiger partial charge on any atom is 0.271 e. The van der Waals surface area contributed by atoms with E-state index in [4.69, 9.17) is 0 Å². The quantitative estimate of drug-likeness (QED) is 0.649. The summed E-state index contributed by atoms with van der Waals surface area (Å²) in [6, 6.07) is 6.37. The summed E-state index contributed by atoms with van der Waals surface area (Å²) in [6.07, 6.45) is 3.53. The highest BCUT2D eigenvalue weighted by atomic mass is 16.6. The Balaban J connectivity index is 2.18. The second-order valence-electron chi connectivity index (χ2n) is 3.52. The number of nitro benzene ring substituents is 1. The molecule has 0 bridgehead atoms. The van der Waals surface area contributed by atoms with Crippen LogP contribution in [0.2, 0.25) is 0 Å². The maximum atomic E-state index is 10.6. The summed E-state index contributed by atoms with van der Waals surface area (Å²) >= 11 is 0. The molecule has 2 rings (SSSR count). The highest BCUT2D eigenvalue weighted by Crippen LogP contribution is 2.20. The number of aromatic nitrogens is 2. The van der Waals surface area contributed by atoms with Crippen LogP contribution in [-0.4, -0.2) is 14.7 Å². The molecule has 0 aliphatic carbocycles. The lowest BCUT2D eigenvalue weighted by Crippen LogP contribution is -1.93. The third kappa shape index (κ3) is 2.60. The fourth-order valence-corrected chi connectivity index (χ4v) is 1.46. The largest absolute Gasteiger partial charge is 0.353 e. The second-order valence-corrected chi connectivity index (χ2v) is 3.52. The Labute approximate surface area is 98.0 Å². The molecule has 0 amide bonds. The first-order valence-corrected chi connectivity index (χ1v) is 5.23. The number of non-ortho nitro benzene ring substituents is 1. The van der Waals surface area contributed by atoms with Gasteiger partial charge in [-0.2, -0.15) is 5.10 Å². The van der Waals surface area contributed by atoms with Crippen LogP contribution in [0.1, 0.15) is 6.92 Å². The minimum atomic E-state index is -0.416. The summed E-state index contributed by atoms with van der Waals surface area (Å²) in [6.45, 7) is 2.78. The van der Waals surface area contributed by atoms with Crippen molar-refractivity contribution < 1.29 is 4.92 Å². The van der Waals surface area contributed by atoms with Gasteiger partial charge in [0.05, 0.1) is 16.8 Å². The smallest absolute Gasteiger partial charge is 0.271 e. The van der Waals surface area contributed by atoms with Crippen LogP contribution in [0.4, 0.5) is 17.1 Å². The number of benzene rings is 1. The summed E-state index contributed by atoms with van der Waals surface area (Å²) in [5.41, 5.74) is 1.56. The van der Waals surface area contributed by atoms with E-state index in [1.807, 2.05) is 13.1 Å². The molecule has 6 heteroatoms. The van der Waals surface area contributed by atoms with Crippen molar-refractivity contribution in [2.45, 2.75) is 13.5 Å². The molecule has 0 saturated heterocycles. The van der Waals surface area contributed by atoms with Gasteiger partial charge in [-0.3, -0.25) is 14.8 Å². The van der Waals surface area contributed by atoms with Gasteiger partial charge >= 0.3 is 0 Å². The van der Waals surface area contributed by atoms with Gasteiger partial charge in [0.15, 0.2) is 0 Å². The van der Waals surface area contributed by atoms with Gasteiger partial charge in [-0.1, -0.05) is 6.07 Å². The molecule has 6 nitrogen and oxygen atoms in total. The number of aryl methyl sites for hydroxylation is 1. The fourth-order valence-electron chi connectivity index (χ4n) is 1.46. The standard InChI is InChI=1S/C11H12N4O2/c1-2-14-8-10(7-12-14)13-9-4-3-5-11(6-9)15(16)17/h3-8,13H,2H2,1H3. The molecule has 1 aromatic heterocycles. The van der Waals surface area contributed by atoms with Crippen LogP contribution in [0.3, 0.4) is 0 Å². The highest BCUT2D eigenvalue weighted by molar-refractivity contribution is 5.60. The molecule has 1 aromatic carbocycles. The van der Waals surface area contributed by atoms with Crippen LogP contribution in [0, 0.1) is 10.1 Å². The molecule has 17 heavy (non-hydrogen) atoms. The fraction of sp³-hybridized carbons (Fsp3) is 0.182. The van der Waals surface area contributed by atoms with E-state index in [0.717, 1.165) is 12.2 Å². The van der Waals surface area contributed by atoms with Crippen molar-refractivity contribution in [2.24, 2.45) is 0 Å². The molecule has 0 aliphatic rings. The van der Waals surface area contributed by atoms with Crippen LogP contribution >= 0.6 is 0 Å². The summed E-state index contributed by atoms with van der Waals surface area (Å²) < 4.78 is 1.78. The van der Waals surface area contributed by atoms with E-state index < -0.39 is 4.92 Å². The second kappa shape index (κ2) is 4.65. The highest BCUT2D eigenvalue weighted by Gasteiger charge is 2.06. The predicted octanol–water partition coefficient (Wildman–Crippen LogP) is 2.55. The minimum absolute atomic E-state index is 0.0675. The topological polar surface area (TPSA) is 73.0 Å². The van der Waals surface area contributed by atoms with E-state index in [-0.39, 0.29) is 5.69 Å². The van der Waals surface area contributed by atoms with Crippen molar-refractivity contribution in [3.8, 4) is 0 Å². The van der Waals surface area contributed by atoms with Gasteiger partial charge in [-0.15, -0.1) is 0 Å². The first-order chi connectivity index (χ1) is 8.19. The lowest BCUT2D eigenvalue weighted by Gasteiger charge is -2.02. The number of nitro groups is 1. The molecular weight excluding hydrogens is 220 g/mol. The SMILES string of the molecule is CCn1cc(Nc2cccc([N+](=O)[O-])c2)cn1. The average Bonchev–Trinajstić information content (AvgIpc) is 2.77. The monoisotopic (exact) mass is 232 g/mol. The molecule has 88 valence electrons. The Morgan fingerprint density at radius 2 is 2.29 bits per heavy atom. The number of nitrogens with zero attached hydrogens (tertiary/aromatic N) is 3. The average molecular weight is 232 g/mol. The molecular formula is C11H12N4O2. The van der Waals surface area contributed by atoms with E-state index in [0.29, 0.717) is 5.69 Å². The zero-order valence-electron chi connectivity index (χ0n) is 9.33. The molecule has 0 spiro atoms. The van der Waals surface area contributed by atoms with Crippen molar-refractivity contribution in [1.82, 2.24) is 9.78 Å². The summed E-state index contributed by atoms with van der Waals surface area (Å²) in [5, 5.41) is 17.8. The molecule has 1 heterocycles. The van der Waals surface area contributed by atoms with Crippen LogP contribution in [0.5, 0.6) is 0 Å². The summed E-state index contributed by atoms with van der Waals surface area (Å²) in [7, 11) is 0. The molecule has 0 saturated carbocycles. The van der Waals surface area contributed by atoms with Crippen molar-refractivity contribution in [3.63, 3.8) is 0 Å². The van der Waals surface area contributed by atoms with Crippen molar-refractivity contribution in [3.05, 3.63) is 46.8 Å². The normalized spacial score (nSPS) is 10.2.